The average molecular weight is 569 g/mol. The minimum absolute atomic E-state index is 0.00843. The van der Waals surface area contributed by atoms with Gasteiger partial charge in [-0.3, -0.25) is 9.52 Å². The standard InChI is InChI=1S/C28H30F2N6O3S/c1-3-35(2)40(38,39)34-24-9-8-23(29)25(26(24)30)27(37)22-16-33-28-21(22)14-18(15-32-28)17-4-6-20(7-5-17)36-12-10-19(31)11-13-36/h4-9,14-16,19,34H,3,10-13,31H2,1-2H3,(H,32,33). The van der Waals surface area contributed by atoms with Gasteiger partial charge in [0, 0.05) is 67.3 Å². The number of hydrogen-bond donors (Lipinski definition) is 3. The van der Waals surface area contributed by atoms with Crippen LogP contribution < -0.4 is 15.4 Å². The first-order chi connectivity index (χ1) is 19.1. The lowest BCUT2D eigenvalue weighted by molar-refractivity contribution is 0.103. The second-order valence-corrected chi connectivity index (χ2v) is 11.6. The van der Waals surface area contributed by atoms with Crippen molar-refractivity contribution in [2.24, 2.45) is 5.73 Å². The number of nitrogens with one attached hydrogen (secondary N) is 2. The Kier molecular flexibility index (Phi) is 7.58. The normalized spacial score (nSPS) is 14.7. The maximum atomic E-state index is 15.4. The summed E-state index contributed by atoms with van der Waals surface area (Å²) >= 11 is 0. The summed E-state index contributed by atoms with van der Waals surface area (Å²) in [5, 5.41) is 0.382. The zero-order valence-electron chi connectivity index (χ0n) is 22.1. The van der Waals surface area contributed by atoms with Gasteiger partial charge in [-0.25, -0.2) is 13.8 Å². The maximum absolute atomic E-state index is 15.4. The molecule has 5 rings (SSSR count). The molecule has 2 aromatic carbocycles. The van der Waals surface area contributed by atoms with E-state index in [1.165, 1.54) is 13.2 Å². The van der Waals surface area contributed by atoms with E-state index in [1.807, 2.05) is 24.3 Å². The highest BCUT2D eigenvalue weighted by Crippen LogP contribution is 2.31. The number of ketones is 1. The molecule has 4 aromatic rings. The van der Waals surface area contributed by atoms with Gasteiger partial charge in [0.1, 0.15) is 11.5 Å². The van der Waals surface area contributed by atoms with E-state index < -0.39 is 38.9 Å². The number of nitrogens with two attached hydrogens (primary N) is 1. The molecule has 0 aliphatic carbocycles. The van der Waals surface area contributed by atoms with E-state index in [0.29, 0.717) is 11.0 Å². The van der Waals surface area contributed by atoms with Gasteiger partial charge in [-0.15, -0.1) is 0 Å². The molecule has 210 valence electrons. The number of fused-ring (bicyclic) bond motifs is 1. The Morgan fingerprint density at radius 2 is 1.85 bits per heavy atom. The fourth-order valence-electron chi connectivity index (χ4n) is 4.73. The number of benzene rings is 2. The maximum Gasteiger partial charge on any atom is 0.301 e. The van der Waals surface area contributed by atoms with E-state index in [0.717, 1.165) is 59.2 Å². The third-order valence-electron chi connectivity index (χ3n) is 7.29. The third-order valence-corrected chi connectivity index (χ3v) is 8.85. The summed E-state index contributed by atoms with van der Waals surface area (Å²) in [6.45, 7) is 3.53. The van der Waals surface area contributed by atoms with E-state index in [1.54, 1.807) is 19.2 Å². The van der Waals surface area contributed by atoms with Gasteiger partial charge in [-0.2, -0.15) is 12.7 Å². The van der Waals surface area contributed by atoms with E-state index in [-0.39, 0.29) is 18.2 Å². The van der Waals surface area contributed by atoms with E-state index in [9.17, 15) is 17.6 Å². The summed E-state index contributed by atoms with van der Waals surface area (Å²) in [6, 6.07) is 11.7. The molecule has 0 amide bonds. The van der Waals surface area contributed by atoms with Crippen LogP contribution in [0.15, 0.2) is 54.9 Å². The van der Waals surface area contributed by atoms with Gasteiger partial charge >= 0.3 is 10.2 Å². The number of H-pyrrole nitrogens is 1. The predicted molar refractivity (Wildman–Crippen MR) is 152 cm³/mol. The number of anilines is 2. The summed E-state index contributed by atoms with van der Waals surface area (Å²) in [7, 11) is -2.79. The molecule has 0 unspecified atom stereocenters. The van der Waals surface area contributed by atoms with E-state index >= 15 is 4.39 Å². The first-order valence-corrected chi connectivity index (χ1v) is 14.4. The smallest absolute Gasteiger partial charge is 0.301 e. The molecule has 0 atom stereocenters. The fraction of sp³-hybridized carbons (Fsp3) is 0.286. The molecule has 1 aliphatic heterocycles. The van der Waals surface area contributed by atoms with Crippen molar-refractivity contribution in [3.63, 3.8) is 0 Å². The second kappa shape index (κ2) is 11.0. The topological polar surface area (TPSA) is 124 Å². The number of piperidine rings is 1. The minimum Gasteiger partial charge on any atom is -0.371 e. The Morgan fingerprint density at radius 3 is 2.52 bits per heavy atom. The number of carbonyl (C=O) groups is 1. The lowest BCUT2D eigenvalue weighted by Gasteiger charge is -2.32. The number of aromatic amines is 1. The van der Waals surface area contributed by atoms with Crippen LogP contribution in [0.1, 0.15) is 35.7 Å². The molecule has 1 aliphatic rings. The van der Waals surface area contributed by atoms with Crippen LogP contribution in [0.25, 0.3) is 22.2 Å². The van der Waals surface area contributed by atoms with Crippen LogP contribution in [0.5, 0.6) is 0 Å². The van der Waals surface area contributed by atoms with Crippen molar-refractivity contribution >= 4 is 38.4 Å². The Balaban J connectivity index is 1.46. The zero-order chi connectivity index (χ0) is 28.6. The number of pyridine rings is 1. The molecular formula is C28H30F2N6O3S. The highest BCUT2D eigenvalue weighted by atomic mass is 32.2. The molecule has 3 heterocycles. The van der Waals surface area contributed by atoms with E-state index in [2.05, 4.69) is 19.6 Å². The molecule has 12 heteroatoms. The van der Waals surface area contributed by atoms with Crippen molar-refractivity contribution < 1.29 is 22.0 Å². The van der Waals surface area contributed by atoms with Crippen LogP contribution in [0, 0.1) is 11.6 Å². The van der Waals surface area contributed by atoms with Gasteiger partial charge in [-0.05, 0) is 48.7 Å². The van der Waals surface area contributed by atoms with Gasteiger partial charge in [0.25, 0.3) is 0 Å². The lowest BCUT2D eigenvalue weighted by Crippen LogP contribution is -2.39. The highest BCUT2D eigenvalue weighted by Gasteiger charge is 2.27. The molecule has 2 aromatic heterocycles. The first-order valence-electron chi connectivity index (χ1n) is 12.9. The van der Waals surface area contributed by atoms with Crippen LogP contribution in [0.2, 0.25) is 0 Å². The molecular weight excluding hydrogens is 538 g/mol. The highest BCUT2D eigenvalue weighted by molar-refractivity contribution is 7.90. The molecule has 0 spiro atoms. The summed E-state index contributed by atoms with van der Waals surface area (Å²) in [4.78, 5) is 23.0. The number of halogens is 2. The molecule has 0 bridgehead atoms. The first kappa shape index (κ1) is 27.7. The lowest BCUT2D eigenvalue weighted by atomic mass is 9.99. The molecule has 0 radical (unpaired) electrons. The van der Waals surface area contributed by atoms with Crippen LogP contribution in [0.4, 0.5) is 20.2 Å². The van der Waals surface area contributed by atoms with Crippen LogP contribution >= 0.6 is 0 Å². The van der Waals surface area contributed by atoms with E-state index in [4.69, 9.17) is 5.73 Å². The van der Waals surface area contributed by atoms with Crippen molar-refractivity contribution in [2.45, 2.75) is 25.8 Å². The van der Waals surface area contributed by atoms with Gasteiger partial charge in [0.05, 0.1) is 11.3 Å². The monoisotopic (exact) mass is 568 g/mol. The molecule has 1 fully saturated rings. The van der Waals surface area contributed by atoms with Crippen LogP contribution in [0.3, 0.4) is 0 Å². The number of hydrogen-bond acceptors (Lipinski definition) is 6. The zero-order valence-corrected chi connectivity index (χ0v) is 22.9. The molecule has 1 saturated heterocycles. The van der Waals surface area contributed by atoms with Gasteiger partial charge in [0.15, 0.2) is 5.82 Å². The summed E-state index contributed by atoms with van der Waals surface area (Å²) in [5.41, 5.74) is 7.68. The van der Waals surface area contributed by atoms with Crippen molar-refractivity contribution in [2.75, 3.05) is 36.3 Å². The Morgan fingerprint density at radius 1 is 1.15 bits per heavy atom. The largest absolute Gasteiger partial charge is 0.371 e. The summed E-state index contributed by atoms with van der Waals surface area (Å²) < 4.78 is 58.0. The van der Waals surface area contributed by atoms with Crippen LogP contribution in [-0.4, -0.2) is 61.2 Å². The SMILES string of the molecule is CCN(C)S(=O)(=O)Nc1ccc(F)c(C(=O)c2c[nH]c3ncc(-c4ccc(N5CCC(N)CC5)cc4)cc23)c1F. The van der Waals surface area contributed by atoms with Crippen molar-refractivity contribution in [3.8, 4) is 11.1 Å². The Bertz CT molecular complexity index is 1670. The quantitative estimate of drug-likeness (QED) is 0.273. The molecule has 9 nitrogen and oxygen atoms in total. The van der Waals surface area contributed by atoms with Crippen molar-refractivity contribution in [3.05, 3.63) is 77.6 Å². The number of carbonyl (C=O) groups excluding carboxylic acids is 1. The van der Waals surface area contributed by atoms with Crippen LogP contribution in [-0.2, 0) is 10.2 Å². The third kappa shape index (κ3) is 5.29. The fourth-order valence-corrected chi connectivity index (χ4v) is 5.66. The van der Waals surface area contributed by atoms with Crippen molar-refractivity contribution in [1.29, 1.82) is 0 Å². The number of aromatic nitrogens is 2. The van der Waals surface area contributed by atoms with Gasteiger partial charge < -0.3 is 15.6 Å². The number of nitrogens with zero attached hydrogens (tertiary/aromatic N) is 3. The second-order valence-electron chi connectivity index (χ2n) is 9.83. The number of rotatable bonds is 8. The Hall–Kier alpha value is -3.87. The summed E-state index contributed by atoms with van der Waals surface area (Å²) in [5.74, 6) is -3.35. The molecule has 0 saturated carbocycles. The molecule has 4 N–H and O–H groups in total. The van der Waals surface area contributed by atoms with Gasteiger partial charge in [0.2, 0.25) is 5.78 Å². The average Bonchev–Trinajstić information content (AvgIpc) is 3.38. The van der Waals surface area contributed by atoms with Gasteiger partial charge in [-0.1, -0.05) is 19.1 Å². The molecule has 40 heavy (non-hydrogen) atoms. The minimum atomic E-state index is -4.09. The van der Waals surface area contributed by atoms with Crippen molar-refractivity contribution in [1.82, 2.24) is 14.3 Å². The Labute approximate surface area is 231 Å². The summed E-state index contributed by atoms with van der Waals surface area (Å²) in [6.07, 6.45) is 4.88. The predicted octanol–water partition coefficient (Wildman–Crippen LogP) is 4.28.